The summed E-state index contributed by atoms with van der Waals surface area (Å²) in [6.07, 6.45) is 7.27. The lowest BCUT2D eigenvalue weighted by atomic mass is 9.45. The molecule has 0 saturated heterocycles. The maximum atomic E-state index is 14.5. The summed E-state index contributed by atoms with van der Waals surface area (Å²) in [5, 5.41) is 10.6. The first-order valence-electron chi connectivity index (χ1n) is 9.45. The molecule has 2 nitrogen and oxygen atoms in total. The Hall–Kier alpha value is -0.700. The van der Waals surface area contributed by atoms with Crippen molar-refractivity contribution in [3.63, 3.8) is 0 Å². The number of rotatable bonds is 0. The molecule has 1 N–H and O–H groups in total. The maximum absolute atomic E-state index is 14.5. The van der Waals surface area contributed by atoms with Crippen LogP contribution in [-0.4, -0.2) is 17.0 Å². The molecular formula is C20H27FO2. The van der Waals surface area contributed by atoms with Crippen molar-refractivity contribution in [2.75, 3.05) is 0 Å². The second kappa shape index (κ2) is 4.09. The number of hydrogen-bond acceptors (Lipinski definition) is 2. The van der Waals surface area contributed by atoms with Crippen LogP contribution in [0.25, 0.3) is 0 Å². The summed E-state index contributed by atoms with van der Waals surface area (Å²) in [5.74, 6) is 1.16. The molecule has 0 heterocycles. The Morgan fingerprint density at radius 3 is 2.70 bits per heavy atom. The second-order valence-electron chi connectivity index (χ2n) is 9.53. The minimum atomic E-state index is -0.401. The SMILES string of the molecule is C[C@]12CCC(=O)C(F)=C1CCC1C2CC[C@]2(C)[C@@H](O)C[C@@H]3C[C@@]132. The molecule has 0 bridgehead atoms. The van der Waals surface area contributed by atoms with Crippen molar-refractivity contribution in [2.45, 2.75) is 71.3 Å². The summed E-state index contributed by atoms with van der Waals surface area (Å²) in [6.45, 7) is 4.55. The number of fused-ring (bicyclic) bond motifs is 3. The third-order valence-electron chi connectivity index (χ3n) is 9.18. The van der Waals surface area contributed by atoms with Gasteiger partial charge in [0.1, 0.15) is 0 Å². The number of allylic oxidation sites excluding steroid dienone is 1. The number of hydrogen-bond donors (Lipinski definition) is 1. The van der Waals surface area contributed by atoms with E-state index in [1.807, 2.05) is 0 Å². The first-order chi connectivity index (χ1) is 10.8. The smallest absolute Gasteiger partial charge is 0.191 e. The zero-order chi connectivity index (χ0) is 16.2. The van der Waals surface area contributed by atoms with E-state index < -0.39 is 5.83 Å². The van der Waals surface area contributed by atoms with Crippen molar-refractivity contribution < 1.29 is 14.3 Å². The average Bonchev–Trinajstić information content (AvgIpc) is 3.17. The molecule has 5 aliphatic carbocycles. The highest BCUT2D eigenvalue weighted by molar-refractivity contribution is 5.95. The van der Waals surface area contributed by atoms with E-state index in [2.05, 4.69) is 13.8 Å². The Morgan fingerprint density at radius 2 is 1.91 bits per heavy atom. The summed E-state index contributed by atoms with van der Waals surface area (Å²) in [6, 6.07) is 0. The fraction of sp³-hybridized carbons (Fsp3) is 0.850. The monoisotopic (exact) mass is 318 g/mol. The van der Waals surface area contributed by atoms with Gasteiger partial charge in [-0.2, -0.15) is 0 Å². The van der Waals surface area contributed by atoms with Gasteiger partial charge in [-0.1, -0.05) is 13.8 Å². The van der Waals surface area contributed by atoms with Crippen LogP contribution in [0, 0.1) is 34.0 Å². The van der Waals surface area contributed by atoms with Gasteiger partial charge in [-0.15, -0.1) is 0 Å². The number of carbonyl (C=O) groups excluding carboxylic acids is 1. The lowest BCUT2D eigenvalue weighted by Crippen LogP contribution is -2.54. The van der Waals surface area contributed by atoms with E-state index >= 15 is 0 Å². The predicted octanol–water partition coefficient (Wildman–Crippen LogP) is 4.18. The van der Waals surface area contributed by atoms with Crippen LogP contribution < -0.4 is 0 Å². The fourth-order valence-corrected chi connectivity index (χ4v) is 7.85. The van der Waals surface area contributed by atoms with Crippen molar-refractivity contribution in [1.82, 2.24) is 0 Å². The van der Waals surface area contributed by atoms with Crippen LogP contribution >= 0.6 is 0 Å². The molecular weight excluding hydrogens is 291 g/mol. The van der Waals surface area contributed by atoms with E-state index in [0.29, 0.717) is 29.6 Å². The first kappa shape index (κ1) is 14.6. The maximum Gasteiger partial charge on any atom is 0.191 e. The number of ketones is 1. The zero-order valence-electron chi connectivity index (χ0n) is 14.2. The van der Waals surface area contributed by atoms with Gasteiger partial charge in [-0.3, -0.25) is 4.79 Å². The van der Waals surface area contributed by atoms with Crippen LogP contribution in [0.4, 0.5) is 4.39 Å². The molecule has 0 aromatic rings. The quantitative estimate of drug-likeness (QED) is 0.727. The number of carbonyl (C=O) groups is 1. The van der Waals surface area contributed by atoms with Crippen molar-refractivity contribution in [3.05, 3.63) is 11.4 Å². The summed E-state index contributed by atoms with van der Waals surface area (Å²) in [7, 11) is 0. The molecule has 4 fully saturated rings. The molecule has 5 aliphatic rings. The van der Waals surface area contributed by atoms with Gasteiger partial charge in [-0.25, -0.2) is 4.39 Å². The van der Waals surface area contributed by atoms with E-state index in [0.717, 1.165) is 44.1 Å². The van der Waals surface area contributed by atoms with E-state index in [1.165, 1.54) is 6.42 Å². The predicted molar refractivity (Wildman–Crippen MR) is 85.2 cm³/mol. The molecule has 4 saturated carbocycles. The van der Waals surface area contributed by atoms with E-state index in [4.69, 9.17) is 0 Å². The van der Waals surface area contributed by atoms with E-state index in [-0.39, 0.29) is 22.7 Å². The molecule has 1 spiro atoms. The second-order valence-corrected chi connectivity index (χ2v) is 9.53. The van der Waals surface area contributed by atoms with E-state index in [9.17, 15) is 14.3 Å². The molecule has 0 aromatic heterocycles. The van der Waals surface area contributed by atoms with Crippen LogP contribution in [-0.2, 0) is 4.79 Å². The van der Waals surface area contributed by atoms with Gasteiger partial charge in [0.2, 0.25) is 0 Å². The Balaban J connectivity index is 1.59. The van der Waals surface area contributed by atoms with Crippen LogP contribution in [0.1, 0.15) is 65.2 Å². The van der Waals surface area contributed by atoms with Gasteiger partial charge >= 0.3 is 0 Å². The topological polar surface area (TPSA) is 37.3 Å². The van der Waals surface area contributed by atoms with Gasteiger partial charge < -0.3 is 5.11 Å². The van der Waals surface area contributed by atoms with Crippen molar-refractivity contribution in [1.29, 1.82) is 0 Å². The number of aliphatic hydroxyl groups is 1. The molecule has 3 heteroatoms. The van der Waals surface area contributed by atoms with Gasteiger partial charge in [0.05, 0.1) is 6.10 Å². The summed E-state index contributed by atoms with van der Waals surface area (Å²) >= 11 is 0. The highest BCUT2D eigenvalue weighted by Gasteiger charge is 2.77. The Bertz CT molecular complexity index is 640. The fourth-order valence-electron chi connectivity index (χ4n) is 7.85. The Labute approximate surface area is 137 Å². The van der Waals surface area contributed by atoms with Crippen LogP contribution in [0.5, 0.6) is 0 Å². The van der Waals surface area contributed by atoms with Crippen LogP contribution in [0.2, 0.25) is 0 Å². The third kappa shape index (κ3) is 1.44. The molecule has 0 radical (unpaired) electrons. The molecule has 5 rings (SSSR count). The molecule has 2 unspecified atom stereocenters. The van der Waals surface area contributed by atoms with Crippen LogP contribution in [0.15, 0.2) is 11.4 Å². The molecule has 0 aliphatic heterocycles. The van der Waals surface area contributed by atoms with Crippen molar-refractivity contribution in [3.8, 4) is 0 Å². The zero-order valence-corrected chi connectivity index (χ0v) is 14.2. The number of aliphatic hydroxyl groups excluding tert-OH is 1. The Morgan fingerprint density at radius 1 is 1.13 bits per heavy atom. The minimum Gasteiger partial charge on any atom is -0.393 e. The van der Waals surface area contributed by atoms with Gasteiger partial charge in [0.15, 0.2) is 11.6 Å². The van der Waals surface area contributed by atoms with Gasteiger partial charge in [0, 0.05) is 6.42 Å². The molecule has 0 aromatic carbocycles. The number of halogens is 1. The lowest BCUT2D eigenvalue weighted by molar-refractivity contribution is -0.123. The largest absolute Gasteiger partial charge is 0.393 e. The molecule has 7 atom stereocenters. The number of Topliss-reactive ketones (excluding diaryl/α,β-unsaturated/α-hetero) is 1. The lowest BCUT2D eigenvalue weighted by Gasteiger charge is -2.59. The first-order valence-corrected chi connectivity index (χ1v) is 9.45. The third-order valence-corrected chi connectivity index (χ3v) is 9.18. The van der Waals surface area contributed by atoms with Crippen molar-refractivity contribution in [2.24, 2.45) is 34.0 Å². The summed E-state index contributed by atoms with van der Waals surface area (Å²) in [5.41, 5.74) is 1.13. The Kier molecular flexibility index (Phi) is 2.60. The summed E-state index contributed by atoms with van der Waals surface area (Å²) in [4.78, 5) is 11.8. The minimum absolute atomic E-state index is 0.0828. The highest BCUT2D eigenvalue weighted by atomic mass is 19.1. The van der Waals surface area contributed by atoms with Gasteiger partial charge in [0.25, 0.3) is 0 Å². The van der Waals surface area contributed by atoms with E-state index in [1.54, 1.807) is 0 Å². The molecule has 0 amide bonds. The molecule has 23 heavy (non-hydrogen) atoms. The normalized spacial score (nSPS) is 57.5. The molecule has 126 valence electrons. The standard InChI is InChI=1S/C20H27FO2/c1-18-7-6-15(22)17(21)14(18)4-3-13-12(18)5-8-19(2)16(23)9-11-10-20(11,13)19/h11-13,16,23H,3-10H2,1-2H3/t11-,12?,13?,16+,18-,19-,20+/m1/s1. The average molecular weight is 318 g/mol. The van der Waals surface area contributed by atoms with Crippen molar-refractivity contribution >= 4 is 5.78 Å². The summed E-state index contributed by atoms with van der Waals surface area (Å²) < 4.78 is 14.5. The highest BCUT2D eigenvalue weighted by Crippen LogP contribution is 2.82. The van der Waals surface area contributed by atoms with Gasteiger partial charge in [-0.05, 0) is 84.5 Å². The van der Waals surface area contributed by atoms with Crippen LogP contribution in [0.3, 0.4) is 0 Å².